The summed E-state index contributed by atoms with van der Waals surface area (Å²) < 4.78 is 0. The Morgan fingerprint density at radius 3 is 1.94 bits per heavy atom. The van der Waals surface area contributed by atoms with Crippen molar-refractivity contribution in [3.05, 3.63) is 96.1 Å². The summed E-state index contributed by atoms with van der Waals surface area (Å²) in [6.07, 6.45) is 3.51. The van der Waals surface area contributed by atoms with E-state index in [1.54, 1.807) is 12.4 Å². The van der Waals surface area contributed by atoms with Crippen LogP contribution in [0.1, 0.15) is 17.0 Å². The molecule has 1 aromatic carbocycles. The van der Waals surface area contributed by atoms with Crippen molar-refractivity contribution in [2.75, 3.05) is 46.6 Å². The highest BCUT2D eigenvalue weighted by atomic mass is 15.3. The monoisotopic (exact) mass is 477 g/mol. The van der Waals surface area contributed by atoms with E-state index in [0.29, 0.717) is 36.2 Å². The normalized spacial score (nSPS) is 13.2. The fourth-order valence-corrected chi connectivity index (χ4v) is 4.15. The number of nitrogens with one attached hydrogen (secondary N) is 2. The summed E-state index contributed by atoms with van der Waals surface area (Å²) >= 11 is 0. The third-order valence-electron chi connectivity index (χ3n) is 6.02. The number of nitrogens with zero attached hydrogens (tertiary/aromatic N) is 7. The van der Waals surface area contributed by atoms with Crippen molar-refractivity contribution < 1.29 is 0 Å². The lowest BCUT2D eigenvalue weighted by atomic mass is 10.2. The van der Waals surface area contributed by atoms with Crippen LogP contribution in [-0.4, -0.2) is 46.1 Å². The first-order valence-electron chi connectivity index (χ1n) is 11.9. The summed E-state index contributed by atoms with van der Waals surface area (Å²) in [6, 6.07) is 24.2. The van der Waals surface area contributed by atoms with E-state index in [1.165, 1.54) is 5.69 Å². The number of para-hydroxylation sites is 1. The van der Waals surface area contributed by atoms with E-state index in [2.05, 4.69) is 65.7 Å². The molecule has 0 bridgehead atoms. The zero-order valence-corrected chi connectivity index (χ0v) is 19.9. The van der Waals surface area contributed by atoms with E-state index in [0.717, 1.165) is 37.6 Å². The lowest BCUT2D eigenvalue weighted by molar-refractivity contribution is 0.646. The van der Waals surface area contributed by atoms with Gasteiger partial charge in [-0.1, -0.05) is 30.3 Å². The standard InChI is InChI=1S/C27H27N9/c28-18-24-25(31-19-21-8-4-6-12-29-21)33-27(32-20-22-9-5-7-13-30-22)34-26(24)36-16-14-35(15-17-36)23-10-2-1-3-11-23/h1-13H,14-17,19-20H2,(H2,31,32,33,34). The molecule has 0 atom stereocenters. The van der Waals surface area contributed by atoms with Crippen LogP contribution in [0.5, 0.6) is 0 Å². The van der Waals surface area contributed by atoms with Crippen LogP contribution in [-0.2, 0) is 13.1 Å². The van der Waals surface area contributed by atoms with Gasteiger partial charge >= 0.3 is 0 Å². The van der Waals surface area contributed by atoms with E-state index in [4.69, 9.17) is 4.98 Å². The van der Waals surface area contributed by atoms with Gasteiger partial charge in [-0.3, -0.25) is 9.97 Å². The van der Waals surface area contributed by atoms with Crippen molar-refractivity contribution in [3.63, 3.8) is 0 Å². The second-order valence-electron chi connectivity index (χ2n) is 8.37. The molecule has 1 fully saturated rings. The number of piperazine rings is 1. The molecule has 0 radical (unpaired) electrons. The van der Waals surface area contributed by atoms with Crippen LogP contribution in [0.3, 0.4) is 0 Å². The highest BCUT2D eigenvalue weighted by Crippen LogP contribution is 2.28. The average molecular weight is 478 g/mol. The summed E-state index contributed by atoms with van der Waals surface area (Å²) in [4.78, 5) is 22.7. The summed E-state index contributed by atoms with van der Waals surface area (Å²) in [5.41, 5.74) is 3.38. The molecule has 0 spiro atoms. The van der Waals surface area contributed by atoms with Crippen molar-refractivity contribution in [2.24, 2.45) is 0 Å². The van der Waals surface area contributed by atoms with Crippen molar-refractivity contribution in [3.8, 4) is 6.07 Å². The van der Waals surface area contributed by atoms with Gasteiger partial charge in [-0.25, -0.2) is 0 Å². The van der Waals surface area contributed by atoms with Crippen molar-refractivity contribution >= 4 is 23.3 Å². The van der Waals surface area contributed by atoms with Gasteiger partial charge in [-0.2, -0.15) is 15.2 Å². The van der Waals surface area contributed by atoms with Gasteiger partial charge in [0.15, 0.2) is 11.6 Å². The SMILES string of the molecule is N#Cc1c(NCc2ccccn2)nc(NCc2ccccn2)nc1N1CCN(c2ccccc2)CC1. The molecule has 180 valence electrons. The minimum atomic E-state index is 0.433. The molecule has 0 amide bonds. The zero-order valence-electron chi connectivity index (χ0n) is 19.9. The molecular weight excluding hydrogens is 450 g/mol. The number of hydrogen-bond donors (Lipinski definition) is 2. The first-order chi connectivity index (χ1) is 17.8. The highest BCUT2D eigenvalue weighted by Gasteiger charge is 2.24. The molecule has 1 aliphatic rings. The molecule has 36 heavy (non-hydrogen) atoms. The maximum absolute atomic E-state index is 10.1. The number of nitriles is 1. The van der Waals surface area contributed by atoms with Gasteiger partial charge in [0.25, 0.3) is 0 Å². The lowest BCUT2D eigenvalue weighted by Gasteiger charge is -2.37. The zero-order chi connectivity index (χ0) is 24.6. The second-order valence-corrected chi connectivity index (χ2v) is 8.37. The first-order valence-corrected chi connectivity index (χ1v) is 11.9. The van der Waals surface area contributed by atoms with Crippen molar-refractivity contribution in [1.82, 2.24) is 19.9 Å². The number of benzene rings is 1. The van der Waals surface area contributed by atoms with Crippen LogP contribution in [0, 0.1) is 11.3 Å². The highest BCUT2D eigenvalue weighted by molar-refractivity contribution is 5.68. The Hall–Kier alpha value is -4.71. The minimum Gasteiger partial charge on any atom is -0.368 e. The molecule has 1 aliphatic heterocycles. The Balaban J connectivity index is 1.39. The molecule has 9 nitrogen and oxygen atoms in total. The molecule has 1 saturated heterocycles. The van der Waals surface area contributed by atoms with Gasteiger partial charge in [0.05, 0.1) is 24.5 Å². The van der Waals surface area contributed by atoms with Gasteiger partial charge < -0.3 is 20.4 Å². The number of aromatic nitrogens is 4. The quantitative estimate of drug-likeness (QED) is 0.393. The molecule has 4 heterocycles. The van der Waals surface area contributed by atoms with Crippen LogP contribution in [0.25, 0.3) is 0 Å². The predicted octanol–water partition coefficient (Wildman–Crippen LogP) is 3.69. The molecule has 5 rings (SSSR count). The molecule has 3 aromatic heterocycles. The Morgan fingerprint density at radius 1 is 0.722 bits per heavy atom. The average Bonchev–Trinajstić information content (AvgIpc) is 2.96. The van der Waals surface area contributed by atoms with Gasteiger partial charge in [0, 0.05) is 44.3 Å². The lowest BCUT2D eigenvalue weighted by Crippen LogP contribution is -2.47. The third-order valence-corrected chi connectivity index (χ3v) is 6.02. The van der Waals surface area contributed by atoms with Gasteiger partial charge in [-0.05, 0) is 36.4 Å². The Bertz CT molecular complexity index is 1300. The predicted molar refractivity (Wildman–Crippen MR) is 141 cm³/mol. The van der Waals surface area contributed by atoms with E-state index in [1.807, 2.05) is 42.5 Å². The van der Waals surface area contributed by atoms with Crippen LogP contribution < -0.4 is 20.4 Å². The van der Waals surface area contributed by atoms with E-state index < -0.39 is 0 Å². The van der Waals surface area contributed by atoms with Gasteiger partial charge in [-0.15, -0.1) is 0 Å². The molecule has 0 aliphatic carbocycles. The Kier molecular flexibility index (Phi) is 7.14. The molecule has 2 N–H and O–H groups in total. The van der Waals surface area contributed by atoms with Gasteiger partial charge in [0.2, 0.25) is 5.95 Å². The number of anilines is 4. The molecule has 0 unspecified atom stereocenters. The number of rotatable bonds is 8. The van der Waals surface area contributed by atoms with E-state index in [-0.39, 0.29) is 0 Å². The summed E-state index contributed by atoms with van der Waals surface area (Å²) in [5, 5.41) is 16.7. The van der Waals surface area contributed by atoms with Crippen LogP contribution in [0.2, 0.25) is 0 Å². The summed E-state index contributed by atoms with van der Waals surface area (Å²) in [5.74, 6) is 1.57. The fraction of sp³-hybridized carbons (Fsp3) is 0.222. The van der Waals surface area contributed by atoms with E-state index in [9.17, 15) is 5.26 Å². The van der Waals surface area contributed by atoms with E-state index >= 15 is 0 Å². The largest absolute Gasteiger partial charge is 0.368 e. The van der Waals surface area contributed by atoms with Crippen molar-refractivity contribution in [1.29, 1.82) is 5.26 Å². The van der Waals surface area contributed by atoms with Crippen LogP contribution in [0.15, 0.2) is 79.1 Å². The maximum atomic E-state index is 10.1. The molecule has 9 heteroatoms. The smallest absolute Gasteiger partial charge is 0.227 e. The molecule has 0 saturated carbocycles. The number of pyridine rings is 2. The Labute approximate surface area is 210 Å². The summed E-state index contributed by atoms with van der Waals surface area (Å²) in [6.45, 7) is 4.11. The summed E-state index contributed by atoms with van der Waals surface area (Å²) in [7, 11) is 0. The molecule has 4 aromatic rings. The van der Waals surface area contributed by atoms with Crippen molar-refractivity contribution in [2.45, 2.75) is 13.1 Å². The first kappa shape index (κ1) is 23.1. The topological polar surface area (TPSA) is 106 Å². The van der Waals surface area contributed by atoms with Crippen LogP contribution in [0.4, 0.5) is 23.3 Å². The number of hydrogen-bond acceptors (Lipinski definition) is 9. The van der Waals surface area contributed by atoms with Crippen LogP contribution >= 0.6 is 0 Å². The fourth-order valence-electron chi connectivity index (χ4n) is 4.15. The second kappa shape index (κ2) is 11.1. The third kappa shape index (κ3) is 5.50. The minimum absolute atomic E-state index is 0.433. The van der Waals surface area contributed by atoms with Gasteiger partial charge in [0.1, 0.15) is 11.6 Å². The Morgan fingerprint density at radius 2 is 1.33 bits per heavy atom. The maximum Gasteiger partial charge on any atom is 0.227 e. The molecular formula is C27H27N9.